The second-order valence-corrected chi connectivity index (χ2v) is 10.8. The van der Waals surface area contributed by atoms with Gasteiger partial charge >= 0.3 is 0 Å². The van der Waals surface area contributed by atoms with Gasteiger partial charge in [-0.2, -0.15) is 0 Å². The topological polar surface area (TPSA) is 58.2 Å². The lowest BCUT2D eigenvalue weighted by Crippen LogP contribution is -2.42. The van der Waals surface area contributed by atoms with Crippen molar-refractivity contribution in [3.8, 4) is 0 Å². The highest BCUT2D eigenvalue weighted by atomic mass is 16.2. The largest absolute Gasteiger partial charge is 0.353 e. The van der Waals surface area contributed by atoms with Gasteiger partial charge in [0.15, 0.2) is 0 Å². The summed E-state index contributed by atoms with van der Waals surface area (Å²) in [6, 6.07) is 0.766. The third-order valence-corrected chi connectivity index (χ3v) is 8.87. The summed E-state index contributed by atoms with van der Waals surface area (Å²) in [4.78, 5) is 25.4. The van der Waals surface area contributed by atoms with E-state index in [1.165, 1.54) is 51.4 Å². The van der Waals surface area contributed by atoms with Gasteiger partial charge in [0.25, 0.3) is 0 Å². The fourth-order valence-corrected chi connectivity index (χ4v) is 6.20. The first-order valence-electron chi connectivity index (χ1n) is 11.7. The van der Waals surface area contributed by atoms with E-state index in [0.29, 0.717) is 22.9 Å². The number of nitrogens with one attached hydrogen (secondary N) is 2. The van der Waals surface area contributed by atoms with Crippen LogP contribution < -0.4 is 10.6 Å². The Labute approximate surface area is 163 Å². The standard InChI is InChI=1S/C23H36N2O2/c26-20(24-18-3-7-22(8-4-18)11-12-22)16-1-2-17(15-16)21(27)25-19-5-9-23(10-6-19)13-14-23/h16-19H,1-15H2,(H,24,26)(H,25,27)/t16-,17+. The average molecular weight is 373 g/mol. The molecule has 27 heavy (non-hydrogen) atoms. The van der Waals surface area contributed by atoms with E-state index >= 15 is 0 Å². The molecule has 2 N–H and O–H groups in total. The number of rotatable bonds is 4. The fourth-order valence-electron chi connectivity index (χ4n) is 6.20. The predicted molar refractivity (Wildman–Crippen MR) is 105 cm³/mol. The summed E-state index contributed by atoms with van der Waals surface area (Å²) < 4.78 is 0. The molecule has 0 bridgehead atoms. The second kappa shape index (κ2) is 6.77. The van der Waals surface area contributed by atoms with Gasteiger partial charge in [-0.3, -0.25) is 9.59 Å². The van der Waals surface area contributed by atoms with E-state index in [0.717, 1.165) is 44.9 Å². The minimum absolute atomic E-state index is 0.0543. The second-order valence-electron chi connectivity index (χ2n) is 10.8. The Kier molecular flexibility index (Phi) is 4.52. The molecule has 2 amide bonds. The number of hydrogen-bond acceptors (Lipinski definition) is 2. The molecule has 0 aromatic rings. The summed E-state index contributed by atoms with van der Waals surface area (Å²) in [7, 11) is 0. The molecule has 150 valence electrons. The molecule has 0 saturated heterocycles. The van der Waals surface area contributed by atoms with Gasteiger partial charge in [0, 0.05) is 23.9 Å². The molecule has 4 heteroatoms. The molecule has 0 aromatic heterocycles. The summed E-state index contributed by atoms with van der Waals surface area (Å²) in [5.74, 6) is 0.545. The lowest BCUT2D eigenvalue weighted by Gasteiger charge is -2.30. The van der Waals surface area contributed by atoms with Gasteiger partial charge in [0.05, 0.1) is 0 Å². The van der Waals surface area contributed by atoms with Crippen molar-refractivity contribution in [2.75, 3.05) is 0 Å². The van der Waals surface area contributed by atoms with Crippen molar-refractivity contribution >= 4 is 11.8 Å². The molecule has 2 spiro atoms. The summed E-state index contributed by atoms with van der Waals surface area (Å²) >= 11 is 0. The Morgan fingerprint density at radius 3 is 1.26 bits per heavy atom. The third kappa shape index (κ3) is 3.91. The number of carbonyl (C=O) groups is 2. The molecule has 0 aromatic carbocycles. The van der Waals surface area contributed by atoms with E-state index in [-0.39, 0.29) is 23.7 Å². The van der Waals surface area contributed by atoms with Crippen molar-refractivity contribution in [3.05, 3.63) is 0 Å². The van der Waals surface area contributed by atoms with E-state index in [2.05, 4.69) is 10.6 Å². The van der Waals surface area contributed by atoms with Crippen molar-refractivity contribution in [1.29, 1.82) is 0 Å². The molecule has 2 atom stereocenters. The van der Waals surface area contributed by atoms with Crippen LogP contribution >= 0.6 is 0 Å². The Morgan fingerprint density at radius 2 is 0.926 bits per heavy atom. The zero-order chi connectivity index (χ0) is 18.5. The van der Waals surface area contributed by atoms with Crippen LogP contribution in [-0.4, -0.2) is 23.9 Å². The van der Waals surface area contributed by atoms with Crippen molar-refractivity contribution in [3.63, 3.8) is 0 Å². The van der Waals surface area contributed by atoms with E-state index in [4.69, 9.17) is 0 Å². The van der Waals surface area contributed by atoms with Crippen LogP contribution in [0.3, 0.4) is 0 Å². The predicted octanol–water partition coefficient (Wildman–Crippen LogP) is 4.08. The third-order valence-electron chi connectivity index (χ3n) is 8.87. The Morgan fingerprint density at radius 1 is 0.556 bits per heavy atom. The van der Waals surface area contributed by atoms with Gasteiger partial charge in [0.2, 0.25) is 11.8 Å². The van der Waals surface area contributed by atoms with Crippen LogP contribution in [0.5, 0.6) is 0 Å². The van der Waals surface area contributed by atoms with Crippen LogP contribution in [0.4, 0.5) is 0 Å². The quantitative estimate of drug-likeness (QED) is 0.781. The fraction of sp³-hybridized carbons (Fsp3) is 0.913. The molecule has 5 fully saturated rings. The van der Waals surface area contributed by atoms with Gasteiger partial charge in [0.1, 0.15) is 0 Å². The molecule has 0 aliphatic heterocycles. The normalized spacial score (nSPS) is 36.5. The molecule has 5 rings (SSSR count). The Balaban J connectivity index is 1.05. The van der Waals surface area contributed by atoms with Crippen LogP contribution in [-0.2, 0) is 9.59 Å². The van der Waals surface area contributed by atoms with Gasteiger partial charge < -0.3 is 10.6 Å². The summed E-state index contributed by atoms with van der Waals surface area (Å²) in [5.41, 5.74) is 1.35. The zero-order valence-electron chi connectivity index (χ0n) is 16.7. The summed E-state index contributed by atoms with van der Waals surface area (Å²) in [5, 5.41) is 6.63. The molecule has 5 saturated carbocycles. The Bertz CT molecular complexity index is 535. The first kappa shape index (κ1) is 18.0. The lowest BCUT2D eigenvalue weighted by atomic mass is 9.83. The number of hydrogen-bond donors (Lipinski definition) is 2. The van der Waals surface area contributed by atoms with E-state index in [1.807, 2.05) is 0 Å². The minimum atomic E-state index is 0.0543. The smallest absolute Gasteiger partial charge is 0.223 e. The maximum Gasteiger partial charge on any atom is 0.223 e. The highest BCUT2D eigenvalue weighted by Crippen LogP contribution is 2.56. The number of carbonyl (C=O) groups excluding carboxylic acids is 2. The lowest BCUT2D eigenvalue weighted by molar-refractivity contribution is -0.127. The summed E-state index contributed by atoms with van der Waals surface area (Å²) in [6.45, 7) is 0. The molecule has 0 heterocycles. The van der Waals surface area contributed by atoms with Crippen molar-refractivity contribution in [2.24, 2.45) is 22.7 Å². The zero-order valence-corrected chi connectivity index (χ0v) is 16.7. The monoisotopic (exact) mass is 372 g/mol. The maximum atomic E-state index is 12.7. The van der Waals surface area contributed by atoms with Gasteiger partial charge in [-0.1, -0.05) is 0 Å². The summed E-state index contributed by atoms with van der Waals surface area (Å²) in [6.07, 6.45) is 18.0. The van der Waals surface area contributed by atoms with Crippen LogP contribution in [0, 0.1) is 22.7 Å². The molecule has 4 nitrogen and oxygen atoms in total. The van der Waals surface area contributed by atoms with Gasteiger partial charge in [-0.25, -0.2) is 0 Å². The molecule has 0 radical (unpaired) electrons. The first-order valence-corrected chi connectivity index (χ1v) is 11.7. The van der Waals surface area contributed by atoms with Crippen LogP contribution in [0.1, 0.15) is 96.3 Å². The van der Waals surface area contributed by atoms with Crippen LogP contribution in [0.15, 0.2) is 0 Å². The highest BCUT2D eigenvalue weighted by molar-refractivity contribution is 5.83. The van der Waals surface area contributed by atoms with E-state index in [1.54, 1.807) is 0 Å². The van der Waals surface area contributed by atoms with Gasteiger partial charge in [-0.05, 0) is 107 Å². The first-order chi connectivity index (χ1) is 13.0. The van der Waals surface area contributed by atoms with Crippen molar-refractivity contribution < 1.29 is 9.59 Å². The molecule has 5 aliphatic rings. The van der Waals surface area contributed by atoms with Crippen molar-refractivity contribution in [2.45, 2.75) is 108 Å². The molecule has 5 aliphatic carbocycles. The number of amides is 2. The van der Waals surface area contributed by atoms with Crippen molar-refractivity contribution in [1.82, 2.24) is 10.6 Å². The van der Waals surface area contributed by atoms with E-state index in [9.17, 15) is 9.59 Å². The van der Waals surface area contributed by atoms with Crippen LogP contribution in [0.2, 0.25) is 0 Å². The molecular formula is C23H36N2O2. The Hall–Kier alpha value is -1.06. The highest BCUT2D eigenvalue weighted by Gasteiger charge is 2.46. The van der Waals surface area contributed by atoms with Gasteiger partial charge in [-0.15, -0.1) is 0 Å². The minimum Gasteiger partial charge on any atom is -0.353 e. The molecular weight excluding hydrogens is 336 g/mol. The average Bonchev–Trinajstić information content (AvgIpc) is 3.56. The van der Waals surface area contributed by atoms with Crippen LogP contribution in [0.25, 0.3) is 0 Å². The molecule has 0 unspecified atom stereocenters. The SMILES string of the molecule is O=C(NC1CCC2(CC1)CC2)[C@@H]1CC[C@H](C(=O)NC2CCC3(CC2)CC3)C1. The van der Waals surface area contributed by atoms with E-state index < -0.39 is 0 Å². The maximum absolute atomic E-state index is 12.7.